The maximum atomic E-state index is 13.6. The predicted octanol–water partition coefficient (Wildman–Crippen LogP) is 2.31. The maximum absolute atomic E-state index is 13.6. The van der Waals surface area contributed by atoms with E-state index in [2.05, 4.69) is 5.32 Å². The van der Waals surface area contributed by atoms with Crippen molar-refractivity contribution in [1.29, 1.82) is 0 Å². The second kappa shape index (κ2) is 9.12. The van der Waals surface area contributed by atoms with Crippen LogP contribution >= 0.6 is 0 Å². The van der Waals surface area contributed by atoms with Crippen molar-refractivity contribution in [2.24, 2.45) is 0 Å². The van der Waals surface area contributed by atoms with Gasteiger partial charge in [0, 0.05) is 50.6 Å². The number of halogens is 1. The van der Waals surface area contributed by atoms with Gasteiger partial charge in [0.2, 0.25) is 11.8 Å². The lowest BCUT2D eigenvalue weighted by molar-refractivity contribution is -0.129. The normalized spacial score (nSPS) is 20.4. The summed E-state index contributed by atoms with van der Waals surface area (Å²) in [7, 11) is 0. The highest BCUT2D eigenvalue weighted by Gasteiger charge is 2.30. The van der Waals surface area contributed by atoms with Gasteiger partial charge in [-0.2, -0.15) is 0 Å². The molecule has 6 heteroatoms. The summed E-state index contributed by atoms with van der Waals surface area (Å²) in [6.45, 7) is 3.59. The van der Waals surface area contributed by atoms with E-state index in [0.29, 0.717) is 24.9 Å². The fraction of sp³-hybridized carbons (Fsp3) is 0.600. The number of nitrogens with one attached hydrogen (secondary N) is 1. The molecule has 26 heavy (non-hydrogen) atoms. The van der Waals surface area contributed by atoms with E-state index in [4.69, 9.17) is 0 Å². The van der Waals surface area contributed by atoms with E-state index in [1.807, 2.05) is 15.9 Å². The topological polar surface area (TPSA) is 52.7 Å². The van der Waals surface area contributed by atoms with E-state index in [1.165, 1.54) is 6.07 Å². The van der Waals surface area contributed by atoms with Crippen LogP contribution in [0.5, 0.6) is 0 Å². The molecule has 2 aliphatic rings. The van der Waals surface area contributed by atoms with Crippen molar-refractivity contribution in [2.75, 3.05) is 26.2 Å². The Kier molecular flexibility index (Phi) is 6.61. The second-order valence-electron chi connectivity index (χ2n) is 7.17. The second-order valence-corrected chi connectivity index (χ2v) is 7.17. The molecule has 1 atom stereocenters. The lowest BCUT2D eigenvalue weighted by Gasteiger charge is -2.26. The van der Waals surface area contributed by atoms with Crippen LogP contribution in [0, 0.1) is 5.82 Å². The molecule has 0 aliphatic carbocycles. The zero-order valence-corrected chi connectivity index (χ0v) is 15.3. The smallest absolute Gasteiger partial charge is 0.222 e. The first-order chi connectivity index (χ1) is 12.6. The van der Waals surface area contributed by atoms with Crippen LogP contribution in [-0.2, 0) is 16.1 Å². The van der Waals surface area contributed by atoms with Crippen molar-refractivity contribution in [3.05, 3.63) is 35.6 Å². The third-order valence-corrected chi connectivity index (χ3v) is 5.38. The largest absolute Gasteiger partial charge is 0.343 e. The number of benzene rings is 1. The zero-order valence-electron chi connectivity index (χ0n) is 15.3. The molecule has 1 aromatic rings. The van der Waals surface area contributed by atoms with Gasteiger partial charge in [-0.25, -0.2) is 4.39 Å². The van der Waals surface area contributed by atoms with Crippen LogP contribution in [0.2, 0.25) is 0 Å². The Balaban J connectivity index is 1.38. The number of likely N-dealkylation sites (tertiary alicyclic amines) is 2. The third-order valence-electron chi connectivity index (χ3n) is 5.38. The van der Waals surface area contributed by atoms with Gasteiger partial charge in [-0.1, -0.05) is 18.2 Å². The van der Waals surface area contributed by atoms with Crippen LogP contribution in [0.25, 0.3) is 0 Å². The number of hydrogen-bond donors (Lipinski definition) is 1. The minimum atomic E-state index is -0.186. The molecule has 0 saturated carbocycles. The summed E-state index contributed by atoms with van der Waals surface area (Å²) in [5, 5.41) is 3.28. The van der Waals surface area contributed by atoms with Crippen LogP contribution in [0.4, 0.5) is 4.39 Å². The molecule has 2 heterocycles. The fourth-order valence-electron chi connectivity index (χ4n) is 3.91. The summed E-state index contributed by atoms with van der Waals surface area (Å²) < 4.78 is 13.6. The Hall–Kier alpha value is -1.95. The fourth-order valence-corrected chi connectivity index (χ4v) is 3.91. The van der Waals surface area contributed by atoms with E-state index in [9.17, 15) is 14.0 Å². The van der Waals surface area contributed by atoms with E-state index < -0.39 is 0 Å². The van der Waals surface area contributed by atoms with Crippen molar-refractivity contribution in [1.82, 2.24) is 15.1 Å². The SMILES string of the molecule is O=C1CCCN1CCCN1C(=O)CC[C@@H]1CCNCc1ccccc1F. The van der Waals surface area contributed by atoms with E-state index in [-0.39, 0.29) is 23.7 Å². The highest BCUT2D eigenvalue weighted by atomic mass is 19.1. The quantitative estimate of drug-likeness (QED) is 0.687. The Morgan fingerprint density at radius 2 is 1.96 bits per heavy atom. The first kappa shape index (κ1) is 18.8. The van der Waals surface area contributed by atoms with Gasteiger partial charge in [0.25, 0.3) is 0 Å². The van der Waals surface area contributed by atoms with Gasteiger partial charge in [0.15, 0.2) is 0 Å². The van der Waals surface area contributed by atoms with Crippen molar-refractivity contribution < 1.29 is 14.0 Å². The Morgan fingerprint density at radius 3 is 2.73 bits per heavy atom. The number of nitrogens with zero attached hydrogens (tertiary/aromatic N) is 2. The highest BCUT2D eigenvalue weighted by molar-refractivity contribution is 5.79. The minimum Gasteiger partial charge on any atom is -0.343 e. The van der Waals surface area contributed by atoms with Crippen molar-refractivity contribution in [2.45, 2.75) is 51.1 Å². The molecular weight excluding hydrogens is 333 g/mol. The molecule has 0 unspecified atom stereocenters. The number of carbonyl (C=O) groups is 2. The molecule has 0 radical (unpaired) electrons. The molecule has 0 bridgehead atoms. The van der Waals surface area contributed by atoms with Crippen LogP contribution in [0.3, 0.4) is 0 Å². The van der Waals surface area contributed by atoms with Gasteiger partial charge in [0.1, 0.15) is 5.82 Å². The number of rotatable bonds is 9. The molecule has 5 nitrogen and oxygen atoms in total. The van der Waals surface area contributed by atoms with Crippen molar-refractivity contribution in [3.8, 4) is 0 Å². The van der Waals surface area contributed by atoms with Gasteiger partial charge < -0.3 is 15.1 Å². The van der Waals surface area contributed by atoms with Crippen LogP contribution in [-0.4, -0.2) is 53.8 Å². The first-order valence-corrected chi connectivity index (χ1v) is 9.66. The average molecular weight is 361 g/mol. The van der Waals surface area contributed by atoms with Gasteiger partial charge in [-0.3, -0.25) is 9.59 Å². The van der Waals surface area contributed by atoms with Gasteiger partial charge in [0.05, 0.1) is 0 Å². The van der Waals surface area contributed by atoms with Crippen LogP contribution in [0.15, 0.2) is 24.3 Å². The lowest BCUT2D eigenvalue weighted by Crippen LogP contribution is -2.37. The van der Waals surface area contributed by atoms with E-state index in [1.54, 1.807) is 12.1 Å². The molecular formula is C20H28FN3O2. The molecule has 2 fully saturated rings. The first-order valence-electron chi connectivity index (χ1n) is 9.66. The molecule has 142 valence electrons. The Morgan fingerprint density at radius 1 is 1.12 bits per heavy atom. The molecule has 1 aromatic carbocycles. The Labute approximate surface area is 154 Å². The summed E-state index contributed by atoms with van der Waals surface area (Å²) in [5.74, 6) is 0.276. The van der Waals surface area contributed by atoms with Crippen LogP contribution in [0.1, 0.15) is 44.1 Å². The molecule has 2 amide bonds. The van der Waals surface area contributed by atoms with Gasteiger partial charge >= 0.3 is 0 Å². The monoisotopic (exact) mass is 361 g/mol. The van der Waals surface area contributed by atoms with Crippen LogP contribution < -0.4 is 5.32 Å². The molecule has 3 rings (SSSR count). The molecule has 2 aliphatic heterocycles. The third kappa shape index (κ3) is 4.81. The van der Waals surface area contributed by atoms with E-state index >= 15 is 0 Å². The van der Waals surface area contributed by atoms with Crippen molar-refractivity contribution in [3.63, 3.8) is 0 Å². The number of hydrogen-bond acceptors (Lipinski definition) is 3. The van der Waals surface area contributed by atoms with Crippen molar-refractivity contribution >= 4 is 11.8 Å². The number of amides is 2. The van der Waals surface area contributed by atoms with Gasteiger partial charge in [-0.15, -0.1) is 0 Å². The Bertz CT molecular complexity index is 637. The highest BCUT2D eigenvalue weighted by Crippen LogP contribution is 2.22. The predicted molar refractivity (Wildman–Crippen MR) is 97.9 cm³/mol. The summed E-state index contributed by atoms with van der Waals surface area (Å²) in [5.41, 5.74) is 0.669. The number of carbonyl (C=O) groups excluding carboxylic acids is 2. The summed E-state index contributed by atoms with van der Waals surface area (Å²) in [4.78, 5) is 27.7. The zero-order chi connectivity index (χ0) is 18.4. The average Bonchev–Trinajstić information content (AvgIpc) is 3.20. The molecule has 1 N–H and O–H groups in total. The molecule has 2 saturated heterocycles. The lowest BCUT2D eigenvalue weighted by atomic mass is 10.1. The summed E-state index contributed by atoms with van der Waals surface area (Å²) in [6.07, 6.45) is 4.85. The summed E-state index contributed by atoms with van der Waals surface area (Å²) >= 11 is 0. The van der Waals surface area contributed by atoms with Gasteiger partial charge in [-0.05, 0) is 38.3 Å². The summed E-state index contributed by atoms with van der Waals surface area (Å²) in [6, 6.07) is 7.04. The molecule has 0 aromatic heterocycles. The standard InChI is InChI=1S/C20H28FN3O2/c21-18-6-2-1-5-16(18)15-22-11-10-17-8-9-20(26)24(17)14-4-13-23-12-3-7-19(23)25/h1-2,5-6,17,22H,3-4,7-15H2/t17-/m1/s1. The maximum Gasteiger partial charge on any atom is 0.222 e. The van der Waals surface area contributed by atoms with E-state index in [0.717, 1.165) is 51.9 Å². The molecule has 0 spiro atoms. The minimum absolute atomic E-state index is 0.186.